The molecule has 3 rings (SSSR count). The van der Waals surface area contributed by atoms with Crippen molar-refractivity contribution in [2.75, 3.05) is 11.4 Å². The Hall–Kier alpha value is -3.14. The number of halogens is 5. The summed E-state index contributed by atoms with van der Waals surface area (Å²) in [4.78, 5) is 29.7. The van der Waals surface area contributed by atoms with Crippen molar-refractivity contribution < 1.29 is 22.8 Å². The number of alkyl halides is 3. The largest absolute Gasteiger partial charge is 0.433 e. The molecule has 1 heterocycles. The average molecular weight is 511 g/mol. The number of carbonyl (C=O) groups excluding carboxylic acids is 2. The highest BCUT2D eigenvalue weighted by Crippen LogP contribution is 2.29. The Balaban J connectivity index is 1.69. The zero-order valence-electron chi connectivity index (χ0n) is 17.6. The lowest BCUT2D eigenvalue weighted by molar-refractivity contribution is -0.141. The molecule has 3 N–H and O–H groups in total. The number of anilines is 1. The summed E-state index contributed by atoms with van der Waals surface area (Å²) in [6, 6.07) is 13.4. The van der Waals surface area contributed by atoms with E-state index in [4.69, 9.17) is 28.9 Å². The third-order valence-corrected chi connectivity index (χ3v) is 5.70. The Bertz CT molecular complexity index is 1170. The van der Waals surface area contributed by atoms with Crippen molar-refractivity contribution >= 4 is 40.7 Å². The van der Waals surface area contributed by atoms with Crippen LogP contribution in [-0.4, -0.2) is 23.3 Å². The molecule has 11 heteroatoms. The predicted molar refractivity (Wildman–Crippen MR) is 124 cm³/mol. The van der Waals surface area contributed by atoms with Gasteiger partial charge in [-0.2, -0.15) is 13.2 Å². The van der Waals surface area contributed by atoms with E-state index in [1.54, 1.807) is 30.3 Å². The molecule has 0 aliphatic rings. The lowest BCUT2D eigenvalue weighted by atomic mass is 10.1. The number of nitrogens with zero attached hydrogens (tertiary/aromatic N) is 2. The van der Waals surface area contributed by atoms with E-state index in [0.717, 1.165) is 12.3 Å². The maximum Gasteiger partial charge on any atom is 0.433 e. The third kappa shape index (κ3) is 6.25. The number of pyridine rings is 1. The average Bonchev–Trinajstić information content (AvgIpc) is 2.83. The number of hydrogen-bond donors (Lipinski definition) is 2. The highest BCUT2D eigenvalue weighted by atomic mass is 35.5. The Morgan fingerprint density at radius 1 is 1.03 bits per heavy atom. The maximum absolute atomic E-state index is 12.6. The molecule has 1 aromatic heterocycles. The zero-order valence-corrected chi connectivity index (χ0v) is 19.1. The minimum Gasteiger partial charge on any atom is -0.348 e. The van der Waals surface area contributed by atoms with E-state index in [2.05, 4.69) is 10.3 Å². The van der Waals surface area contributed by atoms with Crippen LogP contribution in [0.3, 0.4) is 0 Å². The van der Waals surface area contributed by atoms with Gasteiger partial charge in [-0.15, -0.1) is 0 Å². The summed E-state index contributed by atoms with van der Waals surface area (Å²) in [6.07, 6.45) is -3.47. The van der Waals surface area contributed by atoms with Crippen LogP contribution in [0.2, 0.25) is 10.0 Å². The summed E-state index contributed by atoms with van der Waals surface area (Å²) in [6.45, 7) is -0.111. The number of aromatic nitrogens is 1. The van der Waals surface area contributed by atoms with Gasteiger partial charge in [0.1, 0.15) is 5.69 Å². The molecule has 0 saturated heterocycles. The Kier molecular flexibility index (Phi) is 8.14. The van der Waals surface area contributed by atoms with Crippen molar-refractivity contribution in [3.63, 3.8) is 0 Å². The Morgan fingerprint density at radius 2 is 1.74 bits per heavy atom. The van der Waals surface area contributed by atoms with Crippen molar-refractivity contribution in [2.45, 2.75) is 19.3 Å². The molecule has 0 aliphatic carbocycles. The second kappa shape index (κ2) is 10.9. The van der Waals surface area contributed by atoms with Gasteiger partial charge < -0.3 is 16.0 Å². The minimum atomic E-state index is -4.53. The smallest absolute Gasteiger partial charge is 0.348 e. The number of rotatable bonds is 7. The molecule has 6 nitrogen and oxygen atoms in total. The van der Waals surface area contributed by atoms with Crippen molar-refractivity contribution in [3.05, 3.63) is 93.2 Å². The molecular formula is C23H19Cl2F3N4O2. The van der Waals surface area contributed by atoms with Crippen LogP contribution in [0, 0.1) is 0 Å². The fourth-order valence-corrected chi connectivity index (χ4v) is 3.43. The van der Waals surface area contributed by atoms with E-state index >= 15 is 0 Å². The molecular weight excluding hydrogens is 492 g/mol. The van der Waals surface area contributed by atoms with E-state index in [1.807, 2.05) is 0 Å². The van der Waals surface area contributed by atoms with E-state index in [9.17, 15) is 22.8 Å². The lowest BCUT2D eigenvalue weighted by Gasteiger charge is -2.23. The molecule has 0 aliphatic heterocycles. The first kappa shape index (κ1) is 25.5. The van der Waals surface area contributed by atoms with Crippen LogP contribution < -0.4 is 16.0 Å². The van der Waals surface area contributed by atoms with E-state index < -0.39 is 17.8 Å². The standard InChI is InChI=1S/C23H19Cl2F3N4O2/c24-18-3-1-2-16(21(18)25)13-32(20(33)10-29)17-7-5-15(6-8-17)22(34)31-12-14-4-9-19(30-11-14)23(26,27)28/h1-9,11H,10,12-13,29H2,(H,31,34). The van der Waals surface area contributed by atoms with E-state index in [-0.39, 0.29) is 25.5 Å². The van der Waals surface area contributed by atoms with Crippen LogP contribution in [-0.2, 0) is 24.1 Å². The summed E-state index contributed by atoms with van der Waals surface area (Å²) >= 11 is 12.3. The molecule has 2 amide bonds. The van der Waals surface area contributed by atoms with Gasteiger partial charge in [0.25, 0.3) is 5.91 Å². The summed E-state index contributed by atoms with van der Waals surface area (Å²) in [5, 5.41) is 3.30. The third-order valence-electron chi connectivity index (χ3n) is 4.85. The number of hydrogen-bond acceptors (Lipinski definition) is 4. The van der Waals surface area contributed by atoms with Crippen LogP contribution in [0.25, 0.3) is 0 Å². The number of amides is 2. The number of nitrogens with two attached hydrogens (primary N) is 1. The highest BCUT2D eigenvalue weighted by Gasteiger charge is 2.32. The molecule has 0 spiro atoms. The normalized spacial score (nSPS) is 11.2. The van der Waals surface area contributed by atoms with Gasteiger partial charge in [0.05, 0.1) is 23.1 Å². The monoisotopic (exact) mass is 510 g/mol. The fraction of sp³-hybridized carbons (Fsp3) is 0.174. The summed E-state index contributed by atoms with van der Waals surface area (Å²) in [5.41, 5.74) is 6.38. The van der Waals surface area contributed by atoms with Crippen molar-refractivity contribution in [2.24, 2.45) is 5.73 Å². The summed E-state index contributed by atoms with van der Waals surface area (Å²) < 4.78 is 37.8. The van der Waals surface area contributed by atoms with Crippen LogP contribution in [0.15, 0.2) is 60.8 Å². The van der Waals surface area contributed by atoms with Crippen molar-refractivity contribution in [1.29, 1.82) is 0 Å². The van der Waals surface area contributed by atoms with Crippen LogP contribution >= 0.6 is 23.2 Å². The summed E-state index contributed by atoms with van der Waals surface area (Å²) in [7, 11) is 0. The molecule has 0 radical (unpaired) electrons. The van der Waals surface area contributed by atoms with E-state index in [0.29, 0.717) is 32.4 Å². The van der Waals surface area contributed by atoms with Crippen molar-refractivity contribution in [3.8, 4) is 0 Å². The quantitative estimate of drug-likeness (QED) is 0.476. The van der Waals surface area contributed by atoms with Gasteiger partial charge in [0, 0.05) is 24.0 Å². The van der Waals surface area contributed by atoms with Gasteiger partial charge in [-0.3, -0.25) is 14.6 Å². The predicted octanol–water partition coefficient (Wildman–Crippen LogP) is 4.83. The second-order valence-electron chi connectivity index (χ2n) is 7.18. The maximum atomic E-state index is 12.6. The van der Waals surface area contributed by atoms with Gasteiger partial charge in [-0.05, 0) is 47.5 Å². The highest BCUT2D eigenvalue weighted by molar-refractivity contribution is 6.42. The van der Waals surface area contributed by atoms with Crippen LogP contribution in [0.5, 0.6) is 0 Å². The van der Waals surface area contributed by atoms with Crippen LogP contribution in [0.4, 0.5) is 18.9 Å². The minimum absolute atomic E-state index is 0.00320. The SMILES string of the molecule is NCC(=O)N(Cc1cccc(Cl)c1Cl)c1ccc(C(=O)NCc2ccc(C(F)(F)F)nc2)cc1. The van der Waals surface area contributed by atoms with Gasteiger partial charge >= 0.3 is 6.18 Å². The Morgan fingerprint density at radius 3 is 2.32 bits per heavy atom. The molecule has 34 heavy (non-hydrogen) atoms. The topological polar surface area (TPSA) is 88.3 Å². The van der Waals surface area contributed by atoms with Crippen LogP contribution in [0.1, 0.15) is 27.2 Å². The lowest BCUT2D eigenvalue weighted by Crippen LogP contribution is -2.35. The number of benzene rings is 2. The molecule has 3 aromatic rings. The fourth-order valence-electron chi connectivity index (χ4n) is 3.05. The van der Waals surface area contributed by atoms with Gasteiger partial charge in [0.2, 0.25) is 5.91 Å². The summed E-state index contributed by atoms with van der Waals surface area (Å²) in [5.74, 6) is -0.802. The first-order valence-electron chi connectivity index (χ1n) is 9.94. The Labute approximate surface area is 203 Å². The molecule has 0 bridgehead atoms. The first-order chi connectivity index (χ1) is 16.1. The van der Waals surface area contributed by atoms with Gasteiger partial charge in [-0.1, -0.05) is 41.4 Å². The number of carbonyl (C=O) groups is 2. The van der Waals surface area contributed by atoms with Crippen molar-refractivity contribution in [1.82, 2.24) is 10.3 Å². The van der Waals surface area contributed by atoms with Gasteiger partial charge in [0.15, 0.2) is 0 Å². The molecule has 2 aromatic carbocycles. The number of nitrogens with one attached hydrogen (secondary N) is 1. The molecule has 0 unspecified atom stereocenters. The van der Waals surface area contributed by atoms with Gasteiger partial charge in [-0.25, -0.2) is 0 Å². The molecule has 0 atom stereocenters. The second-order valence-corrected chi connectivity index (χ2v) is 7.96. The molecule has 0 fully saturated rings. The molecule has 0 saturated carbocycles. The first-order valence-corrected chi connectivity index (χ1v) is 10.7. The molecule has 178 valence electrons. The zero-order chi connectivity index (χ0) is 24.9. The van der Waals surface area contributed by atoms with E-state index in [1.165, 1.54) is 23.1 Å².